The zero-order valence-electron chi connectivity index (χ0n) is 13.3. The molecule has 2 N–H and O–H groups in total. The van der Waals surface area contributed by atoms with Crippen molar-refractivity contribution in [2.75, 3.05) is 14.2 Å². The number of methoxy groups -OCH3 is 2. The summed E-state index contributed by atoms with van der Waals surface area (Å²) in [6.07, 6.45) is 0.152. The Labute approximate surface area is 140 Å². The highest BCUT2D eigenvalue weighted by Crippen LogP contribution is 2.35. The Morgan fingerprint density at radius 2 is 1.78 bits per heavy atom. The van der Waals surface area contributed by atoms with Gasteiger partial charge in [0.25, 0.3) is 0 Å². The second-order valence-electron chi connectivity index (χ2n) is 5.28. The molecule has 0 aliphatic carbocycles. The Balaban J connectivity index is 3.24. The van der Waals surface area contributed by atoms with Crippen molar-refractivity contribution in [1.29, 1.82) is 0 Å². The zero-order valence-corrected chi connectivity index (χ0v) is 14.9. The summed E-state index contributed by atoms with van der Waals surface area (Å²) in [5, 5.41) is 9.09. The van der Waals surface area contributed by atoms with Gasteiger partial charge in [-0.3, -0.25) is 4.79 Å². The number of carbonyl (C=O) groups is 1. The number of sulfonamides is 1. The van der Waals surface area contributed by atoms with E-state index < -0.39 is 22.0 Å². The van der Waals surface area contributed by atoms with Gasteiger partial charge in [0.1, 0.15) is 10.9 Å². The molecule has 0 aromatic heterocycles. The largest absolute Gasteiger partial charge is 0.493 e. The molecule has 9 heteroatoms. The molecule has 0 radical (unpaired) electrons. The molecule has 0 unspecified atom stereocenters. The van der Waals surface area contributed by atoms with Crippen molar-refractivity contribution in [2.45, 2.75) is 31.2 Å². The third-order valence-corrected chi connectivity index (χ3v) is 4.97. The van der Waals surface area contributed by atoms with Crippen LogP contribution in [0, 0.1) is 5.92 Å². The molecule has 0 saturated carbocycles. The van der Waals surface area contributed by atoms with Crippen molar-refractivity contribution in [2.24, 2.45) is 5.92 Å². The molecule has 23 heavy (non-hydrogen) atoms. The average Bonchev–Trinajstić information content (AvgIpc) is 2.44. The molecular formula is C14H20ClNO6S. The fourth-order valence-corrected chi connectivity index (χ4v) is 3.70. The van der Waals surface area contributed by atoms with E-state index in [1.807, 2.05) is 0 Å². The summed E-state index contributed by atoms with van der Waals surface area (Å²) in [4.78, 5) is 11.0. The van der Waals surface area contributed by atoms with E-state index in [-0.39, 0.29) is 33.8 Å². The van der Waals surface area contributed by atoms with Gasteiger partial charge in [-0.2, -0.15) is 4.72 Å². The maximum Gasteiger partial charge on any atom is 0.321 e. The fourth-order valence-electron chi connectivity index (χ4n) is 1.96. The third kappa shape index (κ3) is 4.98. The second kappa shape index (κ2) is 7.85. The summed E-state index contributed by atoms with van der Waals surface area (Å²) in [7, 11) is -1.39. The number of hydrogen-bond acceptors (Lipinski definition) is 5. The van der Waals surface area contributed by atoms with Crippen LogP contribution in [0.2, 0.25) is 5.02 Å². The van der Waals surface area contributed by atoms with E-state index in [9.17, 15) is 18.3 Å². The molecule has 1 aromatic rings. The van der Waals surface area contributed by atoms with Gasteiger partial charge < -0.3 is 14.6 Å². The van der Waals surface area contributed by atoms with Gasteiger partial charge in [0.15, 0.2) is 11.5 Å². The van der Waals surface area contributed by atoms with Crippen LogP contribution in [0.4, 0.5) is 0 Å². The van der Waals surface area contributed by atoms with Crippen LogP contribution in [0.5, 0.6) is 11.5 Å². The van der Waals surface area contributed by atoms with Crippen LogP contribution in [0.3, 0.4) is 0 Å². The van der Waals surface area contributed by atoms with Crippen molar-refractivity contribution in [3.8, 4) is 11.5 Å². The molecule has 0 aliphatic heterocycles. The zero-order chi connectivity index (χ0) is 17.8. The molecule has 1 rings (SSSR count). The number of carboxylic acid groups (broad SMARTS) is 1. The van der Waals surface area contributed by atoms with Gasteiger partial charge >= 0.3 is 5.97 Å². The van der Waals surface area contributed by atoms with Crippen LogP contribution in [0.25, 0.3) is 0 Å². The highest BCUT2D eigenvalue weighted by atomic mass is 35.5. The van der Waals surface area contributed by atoms with Crippen molar-refractivity contribution in [3.05, 3.63) is 17.2 Å². The van der Waals surface area contributed by atoms with E-state index in [0.29, 0.717) is 0 Å². The average molecular weight is 366 g/mol. The van der Waals surface area contributed by atoms with E-state index in [0.717, 1.165) is 0 Å². The highest BCUT2D eigenvalue weighted by molar-refractivity contribution is 7.89. The first kappa shape index (κ1) is 19.5. The maximum absolute atomic E-state index is 12.5. The molecule has 130 valence electrons. The van der Waals surface area contributed by atoms with Crippen LogP contribution >= 0.6 is 11.6 Å². The van der Waals surface area contributed by atoms with Gasteiger partial charge in [0, 0.05) is 12.1 Å². The van der Waals surface area contributed by atoms with E-state index in [1.165, 1.54) is 26.4 Å². The lowest BCUT2D eigenvalue weighted by Crippen LogP contribution is -2.41. The summed E-state index contributed by atoms with van der Waals surface area (Å²) >= 11 is 5.99. The smallest absolute Gasteiger partial charge is 0.321 e. The summed E-state index contributed by atoms with van der Waals surface area (Å²) in [5.41, 5.74) is 0. The van der Waals surface area contributed by atoms with E-state index in [1.54, 1.807) is 13.8 Å². The number of ether oxygens (including phenoxy) is 2. The number of rotatable bonds is 8. The Bertz CT molecular complexity index is 674. The monoisotopic (exact) mass is 365 g/mol. The van der Waals surface area contributed by atoms with Crippen molar-refractivity contribution >= 4 is 27.6 Å². The van der Waals surface area contributed by atoms with Crippen LogP contribution in [0.15, 0.2) is 17.0 Å². The Morgan fingerprint density at radius 1 is 1.26 bits per heavy atom. The standard InChI is InChI=1S/C14H20ClNO6S/c1-8(2)5-10(14(17)18)16-23(19,20)13-7-12(22-4)11(21-3)6-9(13)15/h6-8,10,16H,5H2,1-4H3,(H,17,18)/t10-/m1/s1. The quantitative estimate of drug-likeness (QED) is 0.731. The minimum Gasteiger partial charge on any atom is -0.493 e. The third-order valence-electron chi connectivity index (χ3n) is 3.03. The molecule has 0 heterocycles. The number of benzene rings is 1. The second-order valence-corrected chi connectivity index (χ2v) is 7.37. The minimum absolute atomic E-state index is 0.000301. The molecule has 0 spiro atoms. The van der Waals surface area contributed by atoms with Crippen LogP contribution in [-0.2, 0) is 14.8 Å². The highest BCUT2D eigenvalue weighted by Gasteiger charge is 2.28. The molecule has 0 fully saturated rings. The number of hydrogen-bond donors (Lipinski definition) is 2. The normalized spacial score (nSPS) is 13.0. The van der Waals surface area contributed by atoms with Crippen LogP contribution in [0.1, 0.15) is 20.3 Å². The first-order chi connectivity index (χ1) is 10.6. The Hall–Kier alpha value is -1.51. The van der Waals surface area contributed by atoms with Crippen molar-refractivity contribution in [3.63, 3.8) is 0 Å². The Morgan fingerprint density at radius 3 is 2.22 bits per heavy atom. The lowest BCUT2D eigenvalue weighted by Gasteiger charge is -2.18. The maximum atomic E-state index is 12.5. The molecule has 0 saturated heterocycles. The van der Waals surface area contributed by atoms with E-state index in [4.69, 9.17) is 21.1 Å². The summed E-state index contributed by atoms with van der Waals surface area (Å²) in [5.74, 6) is -0.806. The van der Waals surface area contributed by atoms with Gasteiger partial charge in [-0.1, -0.05) is 25.4 Å². The Kier molecular flexibility index (Phi) is 6.67. The van der Waals surface area contributed by atoms with Crippen molar-refractivity contribution < 1.29 is 27.8 Å². The molecule has 0 amide bonds. The van der Waals surface area contributed by atoms with Gasteiger partial charge in [0.2, 0.25) is 10.0 Å². The fraction of sp³-hybridized carbons (Fsp3) is 0.500. The van der Waals surface area contributed by atoms with E-state index in [2.05, 4.69) is 4.72 Å². The van der Waals surface area contributed by atoms with Gasteiger partial charge in [-0.05, 0) is 12.3 Å². The first-order valence-electron chi connectivity index (χ1n) is 6.79. The number of halogens is 1. The molecule has 0 aliphatic rings. The van der Waals surface area contributed by atoms with Gasteiger partial charge in [-0.15, -0.1) is 0 Å². The predicted octanol–water partition coefficient (Wildman–Crippen LogP) is 2.13. The van der Waals surface area contributed by atoms with E-state index >= 15 is 0 Å². The summed E-state index contributed by atoms with van der Waals surface area (Å²) < 4.78 is 37.2. The molecule has 7 nitrogen and oxygen atoms in total. The van der Waals surface area contributed by atoms with Crippen molar-refractivity contribution in [1.82, 2.24) is 4.72 Å². The van der Waals surface area contributed by atoms with Crippen LogP contribution in [-0.4, -0.2) is 39.8 Å². The lowest BCUT2D eigenvalue weighted by atomic mass is 10.1. The summed E-state index contributed by atoms with van der Waals surface area (Å²) in [6, 6.07) is 1.24. The molecule has 1 aromatic carbocycles. The SMILES string of the molecule is COc1cc(Cl)c(S(=O)(=O)N[C@H](CC(C)C)C(=O)O)cc1OC. The molecule has 1 atom stereocenters. The van der Waals surface area contributed by atoms with Crippen LogP contribution < -0.4 is 14.2 Å². The number of aliphatic carboxylic acids is 1. The topological polar surface area (TPSA) is 102 Å². The minimum atomic E-state index is -4.14. The number of carboxylic acids is 1. The van der Waals surface area contributed by atoms with Gasteiger partial charge in [-0.25, -0.2) is 8.42 Å². The van der Waals surface area contributed by atoms with Gasteiger partial charge in [0.05, 0.1) is 19.2 Å². The molecule has 0 bridgehead atoms. The summed E-state index contributed by atoms with van der Waals surface area (Å²) in [6.45, 7) is 3.60. The number of nitrogens with one attached hydrogen (secondary N) is 1. The lowest BCUT2D eigenvalue weighted by molar-refractivity contribution is -0.139. The molecular weight excluding hydrogens is 346 g/mol. The first-order valence-corrected chi connectivity index (χ1v) is 8.65. The predicted molar refractivity (Wildman–Crippen MR) is 85.8 cm³/mol.